The van der Waals surface area contributed by atoms with Gasteiger partial charge in [0, 0.05) is 20.2 Å². The third kappa shape index (κ3) is 2.39. The zero-order chi connectivity index (χ0) is 14.2. The lowest BCUT2D eigenvalue weighted by molar-refractivity contribution is 0.205. The number of rotatable bonds is 3. The summed E-state index contributed by atoms with van der Waals surface area (Å²) in [5.74, 6) is -5.15. The van der Waals surface area contributed by atoms with E-state index in [1.165, 1.54) is 12.0 Å². The van der Waals surface area contributed by atoms with Crippen LogP contribution in [0.5, 0.6) is 0 Å². The molecule has 0 N–H and O–H groups in total. The predicted molar refractivity (Wildman–Crippen MR) is 60.3 cm³/mol. The first-order valence-corrected chi connectivity index (χ1v) is 7.05. The molecule has 5 nitrogen and oxygen atoms in total. The molecule has 19 heavy (non-hydrogen) atoms. The van der Waals surface area contributed by atoms with Gasteiger partial charge in [-0.3, -0.25) is 0 Å². The molecular weight excluding hydrogens is 285 g/mol. The molecule has 0 spiro atoms. The van der Waals surface area contributed by atoms with E-state index in [1.807, 2.05) is 0 Å². The van der Waals surface area contributed by atoms with Gasteiger partial charge in [0.1, 0.15) is 10.6 Å². The zero-order valence-electron chi connectivity index (χ0n) is 9.99. The van der Waals surface area contributed by atoms with E-state index in [2.05, 4.69) is 4.98 Å². The Kier molecular flexibility index (Phi) is 3.68. The number of hydrogen-bond acceptors (Lipinski definition) is 5. The maximum absolute atomic E-state index is 13.7. The molecule has 0 aromatic carbocycles. The molecule has 0 radical (unpaired) electrons. The zero-order valence-corrected chi connectivity index (χ0v) is 10.8. The van der Waals surface area contributed by atoms with E-state index in [-0.39, 0.29) is 19.7 Å². The van der Waals surface area contributed by atoms with Crippen molar-refractivity contribution in [2.24, 2.45) is 0 Å². The van der Waals surface area contributed by atoms with Crippen LogP contribution in [0.25, 0.3) is 0 Å². The van der Waals surface area contributed by atoms with Gasteiger partial charge in [-0.15, -0.1) is 0 Å². The Hall–Kier alpha value is -1.35. The molecule has 1 aliphatic rings. The summed E-state index contributed by atoms with van der Waals surface area (Å²) < 4.78 is 68.7. The Bertz CT molecular complexity index is 607. The number of fused-ring (bicyclic) bond motifs is 1. The van der Waals surface area contributed by atoms with E-state index in [4.69, 9.17) is 4.74 Å². The Morgan fingerprint density at radius 2 is 2.00 bits per heavy atom. The van der Waals surface area contributed by atoms with Crippen molar-refractivity contribution in [3.63, 3.8) is 0 Å². The summed E-state index contributed by atoms with van der Waals surface area (Å²) in [6.07, 6.45) is 0. The summed E-state index contributed by atoms with van der Waals surface area (Å²) in [4.78, 5) is 3.08. The number of anilines is 1. The summed E-state index contributed by atoms with van der Waals surface area (Å²) in [5, 5.41) is 0. The van der Waals surface area contributed by atoms with Crippen molar-refractivity contribution in [1.29, 1.82) is 0 Å². The molecule has 9 heteroatoms. The van der Waals surface area contributed by atoms with Gasteiger partial charge in [-0.2, -0.15) is 13.8 Å². The molecule has 0 aliphatic carbocycles. The molecule has 1 aromatic rings. The van der Waals surface area contributed by atoms with E-state index >= 15 is 0 Å². The second kappa shape index (κ2) is 4.97. The summed E-state index contributed by atoms with van der Waals surface area (Å²) in [6.45, 7) is 0.322. The van der Waals surface area contributed by atoms with E-state index in [0.29, 0.717) is 0 Å². The summed E-state index contributed by atoms with van der Waals surface area (Å²) in [5.41, 5.74) is -0.526. The van der Waals surface area contributed by atoms with Gasteiger partial charge >= 0.3 is 0 Å². The minimum absolute atomic E-state index is 0.0254. The Morgan fingerprint density at radius 3 is 2.63 bits per heavy atom. The van der Waals surface area contributed by atoms with Gasteiger partial charge < -0.3 is 9.64 Å². The number of sulfone groups is 1. The van der Waals surface area contributed by atoms with E-state index in [9.17, 15) is 21.6 Å². The molecule has 0 saturated heterocycles. The fourth-order valence-electron chi connectivity index (χ4n) is 1.91. The van der Waals surface area contributed by atoms with Crippen LogP contribution in [0, 0.1) is 17.7 Å². The number of ether oxygens (including phenoxy) is 1. The highest BCUT2D eigenvalue weighted by Crippen LogP contribution is 2.34. The fraction of sp³-hybridized carbons (Fsp3) is 0.500. The average Bonchev–Trinajstić information content (AvgIpc) is 2.33. The standard InChI is InChI=1S/C10H11F3N2O3S/c1-18-4-2-15-3-5-19(16,17)8-6(11)9(12)14-10(13)7(8)15/h2-5H2,1H3. The predicted octanol–water partition coefficient (Wildman–Crippen LogP) is 0.739. The summed E-state index contributed by atoms with van der Waals surface area (Å²) >= 11 is 0. The average molecular weight is 296 g/mol. The van der Waals surface area contributed by atoms with Crippen LogP contribution in [0.3, 0.4) is 0 Å². The molecule has 0 bridgehead atoms. The van der Waals surface area contributed by atoms with Crippen LogP contribution >= 0.6 is 0 Å². The third-order valence-corrected chi connectivity index (χ3v) is 4.52. The van der Waals surface area contributed by atoms with Crippen LogP contribution in [0.15, 0.2) is 4.90 Å². The van der Waals surface area contributed by atoms with Gasteiger partial charge in [0.05, 0.1) is 12.4 Å². The molecule has 1 aromatic heterocycles. The fourth-order valence-corrected chi connectivity index (χ4v) is 3.44. The van der Waals surface area contributed by atoms with Crippen molar-refractivity contribution in [2.45, 2.75) is 4.90 Å². The molecule has 0 atom stereocenters. The minimum atomic E-state index is -4.05. The first kappa shape index (κ1) is 14.1. The van der Waals surface area contributed by atoms with Gasteiger partial charge in [0.25, 0.3) is 5.95 Å². The van der Waals surface area contributed by atoms with Crippen molar-refractivity contribution >= 4 is 15.5 Å². The van der Waals surface area contributed by atoms with Gasteiger partial charge in [0.2, 0.25) is 5.95 Å². The molecule has 106 valence electrons. The van der Waals surface area contributed by atoms with E-state index in [1.54, 1.807) is 0 Å². The van der Waals surface area contributed by atoms with Crippen molar-refractivity contribution in [3.8, 4) is 0 Å². The Morgan fingerprint density at radius 1 is 1.32 bits per heavy atom. The molecule has 2 rings (SSSR count). The lowest BCUT2D eigenvalue weighted by Gasteiger charge is -2.30. The highest BCUT2D eigenvalue weighted by molar-refractivity contribution is 7.91. The van der Waals surface area contributed by atoms with E-state index in [0.717, 1.165) is 0 Å². The summed E-state index contributed by atoms with van der Waals surface area (Å²) in [6, 6.07) is 0. The maximum Gasteiger partial charge on any atom is 0.253 e. The second-order valence-corrected chi connectivity index (χ2v) is 6.03. The Labute approximate surface area is 107 Å². The molecule has 0 fully saturated rings. The number of hydrogen-bond donors (Lipinski definition) is 0. The second-order valence-electron chi connectivity index (χ2n) is 3.98. The molecular formula is C10H11F3N2O3S. The monoisotopic (exact) mass is 296 g/mol. The molecule has 2 heterocycles. The lowest BCUT2D eigenvalue weighted by atomic mass is 10.3. The van der Waals surface area contributed by atoms with Crippen molar-refractivity contribution in [1.82, 2.24) is 4.98 Å². The van der Waals surface area contributed by atoms with Crippen LogP contribution in [-0.4, -0.2) is 46.0 Å². The summed E-state index contributed by atoms with van der Waals surface area (Å²) in [7, 11) is -2.64. The van der Waals surface area contributed by atoms with Crippen LogP contribution in [0.4, 0.5) is 18.9 Å². The Balaban J connectivity index is 2.62. The highest BCUT2D eigenvalue weighted by atomic mass is 32.2. The van der Waals surface area contributed by atoms with Crippen molar-refractivity contribution < 1.29 is 26.3 Å². The van der Waals surface area contributed by atoms with Crippen LogP contribution in [0.1, 0.15) is 0 Å². The van der Waals surface area contributed by atoms with Crippen molar-refractivity contribution in [3.05, 3.63) is 17.7 Å². The van der Waals surface area contributed by atoms with Gasteiger partial charge in [0.15, 0.2) is 15.7 Å². The maximum atomic E-state index is 13.7. The van der Waals surface area contributed by atoms with Crippen LogP contribution < -0.4 is 4.90 Å². The first-order valence-electron chi connectivity index (χ1n) is 5.39. The van der Waals surface area contributed by atoms with Crippen LogP contribution in [0.2, 0.25) is 0 Å². The molecule has 0 unspecified atom stereocenters. The lowest BCUT2D eigenvalue weighted by Crippen LogP contribution is -2.39. The smallest absolute Gasteiger partial charge is 0.253 e. The highest BCUT2D eigenvalue weighted by Gasteiger charge is 2.36. The number of methoxy groups -OCH3 is 1. The van der Waals surface area contributed by atoms with Crippen LogP contribution in [-0.2, 0) is 14.6 Å². The van der Waals surface area contributed by atoms with Crippen molar-refractivity contribution in [2.75, 3.05) is 37.5 Å². The van der Waals surface area contributed by atoms with Gasteiger partial charge in [-0.25, -0.2) is 12.8 Å². The SMILES string of the molecule is COCCN1CCS(=O)(=O)c2c(F)c(F)nc(F)c21. The normalized spacial score (nSPS) is 17.4. The number of aromatic nitrogens is 1. The molecule has 0 saturated carbocycles. The number of nitrogens with zero attached hydrogens (tertiary/aromatic N) is 2. The largest absolute Gasteiger partial charge is 0.383 e. The van der Waals surface area contributed by atoms with Gasteiger partial charge in [-0.05, 0) is 0 Å². The van der Waals surface area contributed by atoms with E-state index < -0.39 is 43.9 Å². The number of halogens is 3. The van der Waals surface area contributed by atoms with Gasteiger partial charge in [-0.1, -0.05) is 0 Å². The third-order valence-electron chi connectivity index (χ3n) is 2.81. The minimum Gasteiger partial charge on any atom is -0.383 e. The first-order chi connectivity index (χ1) is 8.88. The molecule has 1 aliphatic heterocycles. The molecule has 0 amide bonds. The topological polar surface area (TPSA) is 59.5 Å². The number of pyridine rings is 1. The quantitative estimate of drug-likeness (QED) is 0.770.